The van der Waals surface area contributed by atoms with Crippen molar-refractivity contribution in [3.8, 4) is 11.5 Å². The van der Waals surface area contributed by atoms with E-state index < -0.39 is 5.41 Å². The van der Waals surface area contributed by atoms with Gasteiger partial charge in [0.05, 0.1) is 0 Å². The maximum Gasteiger partial charge on any atom is 0.257 e. The first-order chi connectivity index (χ1) is 14.8. The molecule has 1 heterocycles. The average Bonchev–Trinajstić information content (AvgIpc) is 3.23. The van der Waals surface area contributed by atoms with E-state index in [0.717, 1.165) is 0 Å². The van der Waals surface area contributed by atoms with Gasteiger partial charge in [-0.3, -0.25) is 4.79 Å². The summed E-state index contributed by atoms with van der Waals surface area (Å²) < 4.78 is 16.8. The quantitative estimate of drug-likeness (QED) is 0.463. The maximum absolute atomic E-state index is 12.0. The Bertz CT molecular complexity index is 989. The summed E-state index contributed by atoms with van der Waals surface area (Å²) in [5.41, 5.74) is -0.421. The number of nitrogens with one attached hydrogen (secondary N) is 1. The summed E-state index contributed by atoms with van der Waals surface area (Å²) in [6.45, 7) is 4.47. The van der Waals surface area contributed by atoms with Gasteiger partial charge in [0, 0.05) is 22.0 Å². The molecule has 0 unspecified atom stereocenters. The van der Waals surface area contributed by atoms with Crippen molar-refractivity contribution < 1.29 is 18.7 Å². The molecule has 0 aliphatic heterocycles. The molecule has 0 spiro atoms. The van der Waals surface area contributed by atoms with Gasteiger partial charge in [-0.15, -0.1) is 10.2 Å². The summed E-state index contributed by atoms with van der Waals surface area (Å²) in [6.07, 6.45) is 0.610. The van der Waals surface area contributed by atoms with Crippen molar-refractivity contribution >= 4 is 29.1 Å². The van der Waals surface area contributed by atoms with Crippen LogP contribution in [-0.4, -0.2) is 29.3 Å². The summed E-state index contributed by atoms with van der Waals surface area (Å²) in [6, 6.07) is 13.9. The van der Waals surface area contributed by atoms with Crippen LogP contribution in [0.4, 0.5) is 0 Å². The number of rotatable bonds is 10. The summed E-state index contributed by atoms with van der Waals surface area (Å²) in [4.78, 5) is 12.0. The van der Waals surface area contributed by atoms with Gasteiger partial charge in [-0.25, -0.2) is 0 Å². The van der Waals surface area contributed by atoms with Gasteiger partial charge in [-0.1, -0.05) is 37.0 Å². The molecule has 2 aromatic carbocycles. The maximum atomic E-state index is 12.0. The number of halogens is 2. The van der Waals surface area contributed by atoms with E-state index in [1.54, 1.807) is 48.5 Å². The number of ether oxygens (including phenoxy) is 2. The Labute approximate surface area is 190 Å². The van der Waals surface area contributed by atoms with Crippen LogP contribution < -0.4 is 14.8 Å². The SMILES string of the molecule is CC(C)(CCNC(=O)COc1ccc(Cl)cc1)c1nnc(COc2ccc(Cl)cc2)o1. The third-order valence-electron chi connectivity index (χ3n) is 4.48. The molecule has 0 aliphatic carbocycles. The number of benzene rings is 2. The second kappa shape index (κ2) is 10.5. The highest BCUT2D eigenvalue weighted by Crippen LogP contribution is 2.26. The highest BCUT2D eigenvalue weighted by atomic mass is 35.5. The second-order valence-electron chi connectivity index (χ2n) is 7.47. The molecule has 0 bridgehead atoms. The Morgan fingerprint density at radius 2 is 1.55 bits per heavy atom. The molecule has 1 aromatic heterocycles. The van der Waals surface area contributed by atoms with Crippen molar-refractivity contribution in [2.45, 2.75) is 32.3 Å². The van der Waals surface area contributed by atoms with Gasteiger partial charge in [0.25, 0.3) is 11.8 Å². The monoisotopic (exact) mass is 463 g/mol. The fraction of sp³-hybridized carbons (Fsp3) is 0.318. The van der Waals surface area contributed by atoms with Crippen molar-refractivity contribution in [2.75, 3.05) is 13.2 Å². The van der Waals surface area contributed by atoms with Gasteiger partial charge in [-0.05, 0) is 55.0 Å². The van der Waals surface area contributed by atoms with Crippen molar-refractivity contribution in [2.24, 2.45) is 0 Å². The smallest absolute Gasteiger partial charge is 0.257 e. The van der Waals surface area contributed by atoms with Crippen molar-refractivity contribution in [1.29, 1.82) is 0 Å². The largest absolute Gasteiger partial charge is 0.484 e. The first-order valence-corrected chi connectivity index (χ1v) is 10.4. The number of hydrogen-bond acceptors (Lipinski definition) is 6. The highest BCUT2D eigenvalue weighted by molar-refractivity contribution is 6.30. The lowest BCUT2D eigenvalue weighted by molar-refractivity contribution is -0.123. The molecule has 0 aliphatic rings. The van der Waals surface area contributed by atoms with Crippen LogP contribution >= 0.6 is 23.2 Å². The minimum atomic E-state index is -0.421. The Morgan fingerprint density at radius 3 is 2.16 bits per heavy atom. The summed E-state index contributed by atoms with van der Waals surface area (Å²) in [7, 11) is 0. The summed E-state index contributed by atoms with van der Waals surface area (Å²) in [5, 5.41) is 12.3. The van der Waals surface area contributed by atoms with Gasteiger partial charge in [0.15, 0.2) is 13.2 Å². The van der Waals surface area contributed by atoms with Crippen LogP contribution in [0.25, 0.3) is 0 Å². The van der Waals surface area contributed by atoms with E-state index in [0.29, 0.717) is 46.3 Å². The number of carbonyl (C=O) groups excluding carboxylic acids is 1. The first kappa shape index (κ1) is 22.9. The third-order valence-corrected chi connectivity index (χ3v) is 4.98. The van der Waals surface area contributed by atoms with E-state index in [1.165, 1.54) is 0 Å². The zero-order chi connectivity index (χ0) is 22.3. The molecular formula is C22H23Cl2N3O4. The molecule has 0 saturated carbocycles. The summed E-state index contributed by atoms with van der Waals surface area (Å²) in [5.74, 6) is 1.88. The number of carbonyl (C=O) groups is 1. The Hall–Kier alpha value is -2.77. The summed E-state index contributed by atoms with van der Waals surface area (Å²) >= 11 is 11.7. The lowest BCUT2D eigenvalue weighted by Crippen LogP contribution is -2.33. The molecule has 9 heteroatoms. The van der Waals surface area contributed by atoms with Crippen LogP contribution in [0.5, 0.6) is 11.5 Å². The molecule has 164 valence electrons. The van der Waals surface area contributed by atoms with Crippen LogP contribution in [0.2, 0.25) is 10.0 Å². The zero-order valence-electron chi connectivity index (χ0n) is 17.2. The lowest BCUT2D eigenvalue weighted by atomic mass is 9.89. The second-order valence-corrected chi connectivity index (χ2v) is 8.34. The number of nitrogens with zero attached hydrogens (tertiary/aromatic N) is 2. The topological polar surface area (TPSA) is 86.5 Å². The van der Waals surface area contributed by atoms with Gasteiger partial charge >= 0.3 is 0 Å². The lowest BCUT2D eigenvalue weighted by Gasteiger charge is -2.20. The fourth-order valence-electron chi connectivity index (χ4n) is 2.61. The van der Waals surface area contributed by atoms with Crippen LogP contribution in [0.3, 0.4) is 0 Å². The zero-order valence-corrected chi connectivity index (χ0v) is 18.7. The third kappa shape index (κ3) is 7.15. The van der Waals surface area contributed by atoms with Gasteiger partial charge in [0.1, 0.15) is 11.5 Å². The van der Waals surface area contributed by atoms with E-state index in [1.807, 2.05) is 13.8 Å². The molecular weight excluding hydrogens is 441 g/mol. The molecule has 0 atom stereocenters. The van der Waals surface area contributed by atoms with Crippen LogP contribution in [0.15, 0.2) is 52.9 Å². The fourth-order valence-corrected chi connectivity index (χ4v) is 2.87. The van der Waals surface area contributed by atoms with Crippen LogP contribution in [0, 0.1) is 0 Å². The normalized spacial score (nSPS) is 11.2. The standard InChI is InChI=1S/C22H23Cl2N3O4/c1-22(2,11-12-25-19(28)13-29-17-7-3-15(23)4-8-17)21-27-26-20(31-21)14-30-18-9-5-16(24)6-10-18/h3-10H,11-14H2,1-2H3,(H,25,28). The minimum absolute atomic E-state index is 0.0746. The Kier molecular flexibility index (Phi) is 7.76. The molecule has 31 heavy (non-hydrogen) atoms. The predicted molar refractivity (Wildman–Crippen MR) is 118 cm³/mol. The number of amides is 1. The molecule has 0 saturated heterocycles. The Balaban J connectivity index is 1.42. The van der Waals surface area contributed by atoms with Gasteiger partial charge in [0.2, 0.25) is 5.89 Å². The molecule has 0 radical (unpaired) electrons. The molecule has 1 amide bonds. The van der Waals surface area contributed by atoms with Crippen LogP contribution in [0.1, 0.15) is 32.0 Å². The van der Waals surface area contributed by atoms with E-state index in [9.17, 15) is 4.79 Å². The minimum Gasteiger partial charge on any atom is -0.484 e. The first-order valence-electron chi connectivity index (χ1n) is 9.68. The number of aromatic nitrogens is 2. The highest BCUT2D eigenvalue weighted by Gasteiger charge is 2.27. The molecule has 1 N–H and O–H groups in total. The van der Waals surface area contributed by atoms with Crippen molar-refractivity contribution in [3.63, 3.8) is 0 Å². The Morgan fingerprint density at radius 1 is 0.968 bits per heavy atom. The van der Waals surface area contributed by atoms with E-state index >= 15 is 0 Å². The van der Waals surface area contributed by atoms with Crippen LogP contribution in [-0.2, 0) is 16.8 Å². The molecule has 3 rings (SSSR count). The molecule has 7 nitrogen and oxygen atoms in total. The number of hydrogen-bond donors (Lipinski definition) is 1. The van der Waals surface area contributed by atoms with Gasteiger partial charge in [-0.2, -0.15) is 0 Å². The van der Waals surface area contributed by atoms with E-state index in [2.05, 4.69) is 15.5 Å². The predicted octanol–water partition coefficient (Wildman–Crippen LogP) is 4.82. The van der Waals surface area contributed by atoms with Gasteiger partial charge < -0.3 is 19.2 Å². The van der Waals surface area contributed by atoms with E-state index in [4.69, 9.17) is 37.1 Å². The van der Waals surface area contributed by atoms with E-state index in [-0.39, 0.29) is 19.1 Å². The average molecular weight is 464 g/mol. The van der Waals surface area contributed by atoms with Crippen molar-refractivity contribution in [3.05, 3.63) is 70.4 Å². The van der Waals surface area contributed by atoms with Crippen molar-refractivity contribution in [1.82, 2.24) is 15.5 Å². The molecule has 0 fully saturated rings. The molecule has 3 aromatic rings.